The Hall–Kier alpha value is -1.07. The maximum atomic E-state index is 11.5. The molecule has 0 aliphatic heterocycles. The molecule has 0 saturated heterocycles. The van der Waals surface area contributed by atoms with E-state index in [4.69, 9.17) is 5.73 Å². The number of benzene rings is 1. The summed E-state index contributed by atoms with van der Waals surface area (Å²) in [6.45, 7) is 1.00. The third kappa shape index (κ3) is 1.49. The fraction of sp³-hybridized carbons (Fsp3) is 0.222. The van der Waals surface area contributed by atoms with Crippen LogP contribution in [0.1, 0.15) is 0 Å². The second-order valence-electron chi connectivity index (χ2n) is 3.03. The number of rotatable bonds is 2. The van der Waals surface area contributed by atoms with Gasteiger partial charge in [0.2, 0.25) is 0 Å². The molecule has 0 fully saturated rings. The van der Waals surface area contributed by atoms with Crippen molar-refractivity contribution in [3.8, 4) is 0 Å². The van der Waals surface area contributed by atoms with Crippen LogP contribution in [0.3, 0.4) is 0 Å². The highest BCUT2D eigenvalue weighted by molar-refractivity contribution is 9.10. The van der Waals surface area contributed by atoms with Gasteiger partial charge < -0.3 is 10.7 Å². The molecule has 0 saturated carbocycles. The summed E-state index contributed by atoms with van der Waals surface area (Å²) in [6.07, 6.45) is 0. The Kier molecular flexibility index (Phi) is 2.43. The molecule has 0 aliphatic rings. The van der Waals surface area contributed by atoms with Crippen molar-refractivity contribution < 1.29 is 0 Å². The summed E-state index contributed by atoms with van der Waals surface area (Å²) >= 11 is 3.35. The van der Waals surface area contributed by atoms with Gasteiger partial charge >= 0.3 is 5.69 Å². The Bertz CT molecular complexity index is 514. The van der Waals surface area contributed by atoms with Crippen LogP contribution in [0.15, 0.2) is 27.5 Å². The SMILES string of the molecule is NCCn1c(=O)[nH]c2cc(Br)ccc21. The van der Waals surface area contributed by atoms with Gasteiger partial charge in [0, 0.05) is 17.6 Å². The number of nitrogens with one attached hydrogen (secondary N) is 1. The van der Waals surface area contributed by atoms with Gasteiger partial charge in [0.1, 0.15) is 0 Å². The lowest BCUT2D eigenvalue weighted by atomic mass is 10.3. The van der Waals surface area contributed by atoms with Gasteiger partial charge in [-0.25, -0.2) is 4.79 Å². The molecule has 0 atom stereocenters. The average molecular weight is 256 g/mol. The third-order valence-electron chi connectivity index (χ3n) is 2.09. The Labute approximate surface area is 88.9 Å². The molecule has 0 radical (unpaired) electrons. The molecule has 1 aromatic heterocycles. The van der Waals surface area contributed by atoms with Crippen LogP contribution in [0, 0.1) is 0 Å². The van der Waals surface area contributed by atoms with Crippen LogP contribution in [0.25, 0.3) is 11.0 Å². The van der Waals surface area contributed by atoms with Crippen molar-refractivity contribution in [1.82, 2.24) is 9.55 Å². The Morgan fingerprint density at radius 3 is 3.00 bits per heavy atom. The highest BCUT2D eigenvalue weighted by atomic mass is 79.9. The Morgan fingerprint density at radius 2 is 2.29 bits per heavy atom. The molecule has 3 N–H and O–H groups in total. The number of imidazole rings is 1. The summed E-state index contributed by atoms with van der Waals surface area (Å²) in [5.41, 5.74) is 7.04. The number of hydrogen-bond acceptors (Lipinski definition) is 2. The first kappa shape index (κ1) is 9.48. The van der Waals surface area contributed by atoms with Crippen molar-refractivity contribution >= 4 is 27.0 Å². The van der Waals surface area contributed by atoms with Crippen LogP contribution >= 0.6 is 15.9 Å². The van der Waals surface area contributed by atoms with E-state index < -0.39 is 0 Å². The van der Waals surface area contributed by atoms with E-state index in [2.05, 4.69) is 20.9 Å². The summed E-state index contributed by atoms with van der Waals surface area (Å²) < 4.78 is 2.59. The van der Waals surface area contributed by atoms with Crippen LogP contribution < -0.4 is 11.4 Å². The van der Waals surface area contributed by atoms with E-state index in [9.17, 15) is 4.79 Å². The predicted octanol–water partition coefficient (Wildman–Crippen LogP) is 1.05. The lowest BCUT2D eigenvalue weighted by molar-refractivity contribution is 0.703. The van der Waals surface area contributed by atoms with E-state index in [0.717, 1.165) is 15.5 Å². The standard InChI is InChI=1S/C9H10BrN3O/c10-6-1-2-8-7(5-6)12-9(14)13(8)4-3-11/h1-2,5H,3-4,11H2,(H,12,14). The van der Waals surface area contributed by atoms with E-state index in [1.807, 2.05) is 18.2 Å². The van der Waals surface area contributed by atoms with Crippen molar-refractivity contribution in [2.24, 2.45) is 5.73 Å². The lowest BCUT2D eigenvalue weighted by Crippen LogP contribution is -2.21. The number of nitrogens with zero attached hydrogens (tertiary/aromatic N) is 1. The molecule has 1 aromatic carbocycles. The van der Waals surface area contributed by atoms with E-state index in [1.54, 1.807) is 4.57 Å². The monoisotopic (exact) mass is 255 g/mol. The largest absolute Gasteiger partial charge is 0.329 e. The minimum Gasteiger partial charge on any atom is -0.329 e. The van der Waals surface area contributed by atoms with Gasteiger partial charge in [0.15, 0.2) is 0 Å². The predicted molar refractivity (Wildman–Crippen MR) is 59.3 cm³/mol. The molecule has 0 aliphatic carbocycles. The van der Waals surface area contributed by atoms with E-state index in [1.165, 1.54) is 0 Å². The zero-order valence-electron chi connectivity index (χ0n) is 7.46. The van der Waals surface area contributed by atoms with Crippen molar-refractivity contribution in [3.63, 3.8) is 0 Å². The van der Waals surface area contributed by atoms with Gasteiger partial charge in [-0.2, -0.15) is 0 Å². The van der Waals surface area contributed by atoms with Crippen molar-refractivity contribution in [3.05, 3.63) is 33.2 Å². The number of halogens is 1. The molecule has 4 nitrogen and oxygen atoms in total. The smallest absolute Gasteiger partial charge is 0.326 e. The zero-order chi connectivity index (χ0) is 10.1. The van der Waals surface area contributed by atoms with Crippen LogP contribution in [-0.4, -0.2) is 16.1 Å². The molecule has 1 heterocycles. The van der Waals surface area contributed by atoms with Gasteiger partial charge in [-0.3, -0.25) is 4.57 Å². The molecule has 2 aromatic rings. The first-order valence-electron chi connectivity index (χ1n) is 4.30. The van der Waals surface area contributed by atoms with Gasteiger partial charge in [0.25, 0.3) is 0 Å². The Balaban J connectivity index is 2.71. The quantitative estimate of drug-likeness (QED) is 0.843. The number of nitrogens with two attached hydrogens (primary N) is 1. The summed E-state index contributed by atoms with van der Waals surface area (Å²) in [7, 11) is 0. The van der Waals surface area contributed by atoms with Crippen LogP contribution in [-0.2, 0) is 6.54 Å². The first-order valence-corrected chi connectivity index (χ1v) is 5.10. The molecule has 0 unspecified atom stereocenters. The van der Waals surface area contributed by atoms with Crippen molar-refractivity contribution in [2.45, 2.75) is 6.54 Å². The summed E-state index contributed by atoms with van der Waals surface area (Å²) in [5.74, 6) is 0. The molecule has 5 heteroatoms. The molecule has 14 heavy (non-hydrogen) atoms. The van der Waals surface area contributed by atoms with Gasteiger partial charge in [0.05, 0.1) is 11.0 Å². The van der Waals surface area contributed by atoms with Crippen LogP contribution in [0.5, 0.6) is 0 Å². The average Bonchev–Trinajstić information content (AvgIpc) is 2.43. The minimum absolute atomic E-state index is 0.108. The molecule has 0 bridgehead atoms. The molecule has 0 amide bonds. The molecular weight excluding hydrogens is 246 g/mol. The van der Waals surface area contributed by atoms with E-state index in [0.29, 0.717) is 13.1 Å². The minimum atomic E-state index is -0.108. The fourth-order valence-electron chi connectivity index (χ4n) is 1.49. The fourth-order valence-corrected chi connectivity index (χ4v) is 1.85. The van der Waals surface area contributed by atoms with Gasteiger partial charge in [-0.1, -0.05) is 15.9 Å². The number of H-pyrrole nitrogens is 1. The topological polar surface area (TPSA) is 63.8 Å². The number of aromatic nitrogens is 2. The van der Waals surface area contributed by atoms with E-state index >= 15 is 0 Å². The zero-order valence-corrected chi connectivity index (χ0v) is 9.04. The van der Waals surface area contributed by atoms with Crippen molar-refractivity contribution in [2.75, 3.05) is 6.54 Å². The molecule has 2 rings (SSSR count). The summed E-state index contributed by atoms with van der Waals surface area (Å²) in [5, 5.41) is 0. The molecular formula is C9H10BrN3O. The second-order valence-corrected chi connectivity index (χ2v) is 3.95. The number of aromatic amines is 1. The molecule has 0 spiro atoms. The second kappa shape index (κ2) is 3.59. The van der Waals surface area contributed by atoms with E-state index in [-0.39, 0.29) is 5.69 Å². The Morgan fingerprint density at radius 1 is 1.50 bits per heavy atom. The number of hydrogen-bond donors (Lipinski definition) is 2. The maximum Gasteiger partial charge on any atom is 0.326 e. The number of fused-ring (bicyclic) bond motifs is 1. The lowest BCUT2D eigenvalue weighted by Gasteiger charge is -1.99. The summed E-state index contributed by atoms with van der Waals surface area (Å²) in [6, 6.07) is 5.68. The third-order valence-corrected chi connectivity index (χ3v) is 2.58. The van der Waals surface area contributed by atoms with Gasteiger partial charge in [-0.05, 0) is 18.2 Å². The first-order chi connectivity index (χ1) is 6.72. The highest BCUT2D eigenvalue weighted by Gasteiger charge is 2.05. The van der Waals surface area contributed by atoms with Crippen LogP contribution in [0.2, 0.25) is 0 Å². The van der Waals surface area contributed by atoms with Crippen LogP contribution in [0.4, 0.5) is 0 Å². The van der Waals surface area contributed by atoms with Crippen molar-refractivity contribution in [1.29, 1.82) is 0 Å². The normalized spacial score (nSPS) is 11.0. The maximum absolute atomic E-state index is 11.5. The summed E-state index contributed by atoms with van der Waals surface area (Å²) in [4.78, 5) is 14.3. The van der Waals surface area contributed by atoms with Gasteiger partial charge in [-0.15, -0.1) is 0 Å². The highest BCUT2D eigenvalue weighted by Crippen LogP contribution is 2.16. The molecule has 74 valence electrons.